The number of carbonyl (C=O) groups is 1. The number of ether oxygens (including phenoxy) is 1. The minimum Gasteiger partial charge on any atom is -0.457 e. The second-order valence-electron chi connectivity index (χ2n) is 7.12. The van der Waals surface area contributed by atoms with Crippen molar-refractivity contribution in [3.05, 3.63) is 87.4 Å². The summed E-state index contributed by atoms with van der Waals surface area (Å²) in [6.45, 7) is -0.325. The molecule has 0 aliphatic carbocycles. The standard InChI is InChI=1S/C21H21FN4O7S/c1-25(18(20(28)24-30)11-12-26-13-17(22)19(27)23-21(26)29)34(31,32)16-9-7-15(8-10-16)33-14-5-3-2-4-6-14/h2-10,13,18,30H,11-12H2,1H3,(H,24,28)(H,23,27,29). The Kier molecular flexibility index (Phi) is 7.61. The number of hydroxylamine groups is 1. The first-order chi connectivity index (χ1) is 16.1. The van der Waals surface area contributed by atoms with Gasteiger partial charge in [-0.1, -0.05) is 18.2 Å². The van der Waals surface area contributed by atoms with Crippen LogP contribution in [0.15, 0.2) is 75.3 Å². The van der Waals surface area contributed by atoms with Crippen LogP contribution in [0.2, 0.25) is 0 Å². The molecule has 1 heterocycles. The fraction of sp³-hybridized carbons (Fsp3) is 0.190. The molecule has 0 aliphatic rings. The second kappa shape index (κ2) is 10.4. The average Bonchev–Trinajstić information content (AvgIpc) is 2.83. The van der Waals surface area contributed by atoms with Gasteiger partial charge >= 0.3 is 5.69 Å². The molecule has 11 nitrogen and oxygen atoms in total. The summed E-state index contributed by atoms with van der Waals surface area (Å²) in [6, 6.07) is 12.9. The number of sulfonamides is 1. The normalized spacial score (nSPS) is 12.4. The fourth-order valence-electron chi connectivity index (χ4n) is 3.10. The Hall–Kier alpha value is -3.81. The number of halogens is 1. The summed E-state index contributed by atoms with van der Waals surface area (Å²) in [5.74, 6) is -1.34. The molecule has 1 atom stereocenters. The molecule has 0 aliphatic heterocycles. The maximum atomic E-state index is 13.5. The van der Waals surface area contributed by atoms with Crippen molar-refractivity contribution in [2.75, 3.05) is 7.05 Å². The first-order valence-corrected chi connectivity index (χ1v) is 11.3. The predicted molar refractivity (Wildman–Crippen MR) is 118 cm³/mol. The van der Waals surface area contributed by atoms with E-state index in [1.165, 1.54) is 29.7 Å². The van der Waals surface area contributed by atoms with Crippen LogP contribution in [-0.4, -0.2) is 46.5 Å². The van der Waals surface area contributed by atoms with Crippen LogP contribution in [0.4, 0.5) is 4.39 Å². The van der Waals surface area contributed by atoms with Crippen molar-refractivity contribution >= 4 is 15.9 Å². The van der Waals surface area contributed by atoms with Gasteiger partial charge in [-0.15, -0.1) is 0 Å². The molecule has 3 rings (SSSR count). The Labute approximate surface area is 193 Å². The van der Waals surface area contributed by atoms with Gasteiger partial charge in [0.2, 0.25) is 15.8 Å². The molecule has 0 saturated heterocycles. The van der Waals surface area contributed by atoms with E-state index >= 15 is 0 Å². The van der Waals surface area contributed by atoms with E-state index in [9.17, 15) is 27.2 Å². The number of aryl methyl sites for hydroxylation is 1. The van der Waals surface area contributed by atoms with E-state index in [1.807, 2.05) is 6.07 Å². The maximum Gasteiger partial charge on any atom is 0.328 e. The molecule has 2 aromatic carbocycles. The zero-order valence-electron chi connectivity index (χ0n) is 17.8. The van der Waals surface area contributed by atoms with E-state index in [-0.39, 0.29) is 17.9 Å². The molecule has 1 unspecified atom stereocenters. The number of hydrogen-bond acceptors (Lipinski definition) is 7. The number of para-hydroxylation sites is 1. The van der Waals surface area contributed by atoms with Crippen LogP contribution in [0.25, 0.3) is 0 Å². The molecule has 0 spiro atoms. The minimum absolute atomic E-state index is 0.154. The molecular weight excluding hydrogens is 471 g/mol. The first-order valence-electron chi connectivity index (χ1n) is 9.87. The SMILES string of the molecule is CN(C(CCn1cc(F)c(=O)[nH]c1=O)C(=O)NO)S(=O)(=O)c1ccc(Oc2ccccc2)cc1. The molecule has 180 valence electrons. The van der Waals surface area contributed by atoms with Crippen molar-refractivity contribution in [3.63, 3.8) is 0 Å². The molecule has 0 saturated carbocycles. The molecule has 0 fully saturated rings. The zero-order valence-corrected chi connectivity index (χ0v) is 18.7. The third-order valence-corrected chi connectivity index (χ3v) is 6.82. The quantitative estimate of drug-likeness (QED) is 0.298. The van der Waals surface area contributed by atoms with Crippen molar-refractivity contribution in [1.82, 2.24) is 19.3 Å². The summed E-state index contributed by atoms with van der Waals surface area (Å²) in [7, 11) is -3.10. The van der Waals surface area contributed by atoms with Crippen LogP contribution in [0.1, 0.15) is 6.42 Å². The molecule has 3 N–H and O–H groups in total. The highest BCUT2D eigenvalue weighted by atomic mass is 32.2. The molecule has 1 aromatic heterocycles. The topological polar surface area (TPSA) is 151 Å². The average molecular weight is 492 g/mol. The summed E-state index contributed by atoms with van der Waals surface area (Å²) in [5, 5.41) is 9.09. The highest BCUT2D eigenvalue weighted by Gasteiger charge is 2.33. The Morgan fingerprint density at radius 3 is 2.38 bits per heavy atom. The second-order valence-corrected chi connectivity index (χ2v) is 9.12. The van der Waals surface area contributed by atoms with E-state index in [1.54, 1.807) is 29.2 Å². The third kappa shape index (κ3) is 5.57. The lowest BCUT2D eigenvalue weighted by Gasteiger charge is -2.26. The number of carbonyl (C=O) groups excluding carboxylic acids is 1. The number of likely N-dealkylation sites (N-methyl/N-ethyl adjacent to an activating group) is 1. The minimum atomic E-state index is -4.23. The number of nitrogens with zero attached hydrogens (tertiary/aromatic N) is 2. The number of amides is 1. The van der Waals surface area contributed by atoms with E-state index in [0.717, 1.165) is 15.9 Å². The summed E-state index contributed by atoms with van der Waals surface area (Å²) < 4.78 is 46.8. The monoisotopic (exact) mass is 492 g/mol. The van der Waals surface area contributed by atoms with E-state index in [4.69, 9.17) is 9.94 Å². The van der Waals surface area contributed by atoms with E-state index < -0.39 is 39.0 Å². The lowest BCUT2D eigenvalue weighted by Crippen LogP contribution is -2.47. The van der Waals surface area contributed by atoms with Gasteiger partial charge in [-0.25, -0.2) is 18.7 Å². The Morgan fingerprint density at radius 1 is 1.15 bits per heavy atom. The Morgan fingerprint density at radius 2 is 1.76 bits per heavy atom. The summed E-state index contributed by atoms with van der Waals surface area (Å²) in [5.41, 5.74) is -0.746. The predicted octanol–water partition coefficient (Wildman–Crippen LogP) is 1.05. The lowest BCUT2D eigenvalue weighted by atomic mass is 10.2. The number of rotatable bonds is 9. The van der Waals surface area contributed by atoms with Gasteiger partial charge < -0.3 is 4.74 Å². The van der Waals surface area contributed by atoms with Crippen LogP contribution in [0.5, 0.6) is 11.5 Å². The van der Waals surface area contributed by atoms with Crippen LogP contribution >= 0.6 is 0 Å². The fourth-order valence-corrected chi connectivity index (χ4v) is 4.45. The maximum absolute atomic E-state index is 13.5. The molecule has 3 aromatic rings. The van der Waals surface area contributed by atoms with Crippen LogP contribution in [-0.2, 0) is 21.4 Å². The van der Waals surface area contributed by atoms with Crippen molar-refractivity contribution in [1.29, 1.82) is 0 Å². The first kappa shape index (κ1) is 24.8. The van der Waals surface area contributed by atoms with E-state index in [2.05, 4.69) is 0 Å². The smallest absolute Gasteiger partial charge is 0.328 e. The van der Waals surface area contributed by atoms with Crippen molar-refractivity contribution in [2.24, 2.45) is 0 Å². The highest BCUT2D eigenvalue weighted by Crippen LogP contribution is 2.25. The van der Waals surface area contributed by atoms with Gasteiger partial charge in [0.1, 0.15) is 17.5 Å². The van der Waals surface area contributed by atoms with E-state index in [0.29, 0.717) is 17.7 Å². The Balaban J connectivity index is 1.80. The molecule has 34 heavy (non-hydrogen) atoms. The molecule has 1 amide bonds. The van der Waals surface area contributed by atoms with Crippen molar-refractivity contribution < 1.29 is 27.5 Å². The van der Waals surface area contributed by atoms with Crippen LogP contribution in [0, 0.1) is 5.82 Å². The lowest BCUT2D eigenvalue weighted by molar-refractivity contribution is -0.133. The van der Waals surface area contributed by atoms with Gasteiger partial charge in [-0.2, -0.15) is 8.70 Å². The van der Waals surface area contributed by atoms with Crippen molar-refractivity contribution in [2.45, 2.75) is 23.9 Å². The highest BCUT2D eigenvalue weighted by molar-refractivity contribution is 7.89. The van der Waals surface area contributed by atoms with Crippen LogP contribution < -0.4 is 21.5 Å². The number of H-pyrrole nitrogens is 1. The number of aromatic nitrogens is 2. The summed E-state index contributed by atoms with van der Waals surface area (Å²) in [4.78, 5) is 36.8. The number of aromatic amines is 1. The molecular formula is C21H21FN4O7S. The number of benzene rings is 2. The Bertz CT molecular complexity index is 1370. The van der Waals surface area contributed by atoms with Crippen LogP contribution in [0.3, 0.4) is 0 Å². The van der Waals surface area contributed by atoms with Gasteiger partial charge in [0.15, 0.2) is 0 Å². The molecule has 13 heteroatoms. The van der Waals surface area contributed by atoms with Crippen molar-refractivity contribution in [3.8, 4) is 11.5 Å². The van der Waals surface area contributed by atoms with Gasteiger partial charge in [0.25, 0.3) is 11.5 Å². The van der Waals surface area contributed by atoms with Gasteiger partial charge in [-0.05, 0) is 42.8 Å². The number of nitrogens with one attached hydrogen (secondary N) is 2. The number of hydrogen-bond donors (Lipinski definition) is 3. The van der Waals surface area contributed by atoms with Gasteiger partial charge in [-0.3, -0.25) is 24.3 Å². The van der Waals surface area contributed by atoms with Gasteiger partial charge in [0.05, 0.1) is 11.1 Å². The van der Waals surface area contributed by atoms with Gasteiger partial charge in [0, 0.05) is 13.6 Å². The molecule has 0 bridgehead atoms. The largest absolute Gasteiger partial charge is 0.457 e. The molecule has 0 radical (unpaired) electrons. The summed E-state index contributed by atoms with van der Waals surface area (Å²) in [6.07, 6.45) is 0.331. The summed E-state index contributed by atoms with van der Waals surface area (Å²) >= 11 is 0. The zero-order chi connectivity index (χ0) is 24.9. The third-order valence-electron chi connectivity index (χ3n) is 4.94.